The van der Waals surface area contributed by atoms with Crippen LogP contribution in [0.5, 0.6) is 0 Å². The molecule has 0 radical (unpaired) electrons. The summed E-state index contributed by atoms with van der Waals surface area (Å²) >= 11 is 6.15. The SMILES string of the molecule is CCn1c(C(C#N)c2cnn(C)c(=O)c2Cl)nc2ccccc21. The predicted octanol–water partition coefficient (Wildman–Crippen LogP) is 2.46. The molecule has 2 heterocycles. The van der Waals surface area contributed by atoms with Crippen molar-refractivity contribution in [2.24, 2.45) is 7.05 Å². The van der Waals surface area contributed by atoms with Crippen molar-refractivity contribution in [2.45, 2.75) is 19.4 Å². The molecule has 0 aliphatic carbocycles. The molecule has 23 heavy (non-hydrogen) atoms. The Hall–Kier alpha value is -2.65. The van der Waals surface area contributed by atoms with Gasteiger partial charge in [-0.2, -0.15) is 10.4 Å². The number of imidazole rings is 1. The number of hydrogen-bond acceptors (Lipinski definition) is 4. The second-order valence-electron chi connectivity index (χ2n) is 5.11. The van der Waals surface area contributed by atoms with Crippen molar-refractivity contribution in [3.63, 3.8) is 0 Å². The lowest BCUT2D eigenvalue weighted by atomic mass is 10.0. The van der Waals surface area contributed by atoms with Crippen LogP contribution in [0, 0.1) is 11.3 Å². The Kier molecular flexibility index (Phi) is 3.89. The van der Waals surface area contributed by atoms with E-state index in [0.29, 0.717) is 17.9 Å². The highest BCUT2D eigenvalue weighted by molar-refractivity contribution is 6.31. The lowest BCUT2D eigenvalue weighted by Crippen LogP contribution is -2.22. The van der Waals surface area contributed by atoms with Crippen molar-refractivity contribution in [3.8, 4) is 6.07 Å². The van der Waals surface area contributed by atoms with Crippen molar-refractivity contribution in [1.82, 2.24) is 19.3 Å². The van der Waals surface area contributed by atoms with Crippen molar-refractivity contribution < 1.29 is 0 Å². The molecule has 3 aromatic rings. The summed E-state index contributed by atoms with van der Waals surface area (Å²) in [6.45, 7) is 2.64. The molecule has 1 aromatic carbocycles. The van der Waals surface area contributed by atoms with E-state index in [2.05, 4.69) is 16.2 Å². The van der Waals surface area contributed by atoms with Gasteiger partial charge in [-0.3, -0.25) is 4.79 Å². The number of para-hydroxylation sites is 2. The number of aryl methyl sites for hydroxylation is 2. The van der Waals surface area contributed by atoms with Gasteiger partial charge in [-0.1, -0.05) is 23.7 Å². The lowest BCUT2D eigenvalue weighted by molar-refractivity contribution is 0.681. The molecule has 0 fully saturated rings. The molecular formula is C16H14ClN5O. The fourth-order valence-electron chi connectivity index (χ4n) is 2.64. The standard InChI is InChI=1S/C16H14ClN5O/c1-3-22-13-7-5-4-6-12(13)20-15(22)10(8-18)11-9-19-21(2)16(23)14(11)17/h4-7,9-10H,3H2,1-2H3. The van der Waals surface area contributed by atoms with Gasteiger partial charge in [-0.25, -0.2) is 9.67 Å². The van der Waals surface area contributed by atoms with Gasteiger partial charge in [0.25, 0.3) is 5.56 Å². The molecule has 1 unspecified atom stereocenters. The summed E-state index contributed by atoms with van der Waals surface area (Å²) < 4.78 is 3.10. The minimum absolute atomic E-state index is 0.00348. The van der Waals surface area contributed by atoms with Crippen LogP contribution in [0.1, 0.15) is 24.2 Å². The Morgan fingerprint density at radius 2 is 2.13 bits per heavy atom. The molecule has 0 amide bonds. The fourth-order valence-corrected chi connectivity index (χ4v) is 2.92. The lowest BCUT2D eigenvalue weighted by Gasteiger charge is -2.13. The molecule has 0 N–H and O–H groups in total. The first-order chi connectivity index (χ1) is 11.1. The molecule has 0 aliphatic rings. The third kappa shape index (κ3) is 2.39. The van der Waals surface area contributed by atoms with Crippen LogP contribution in [-0.4, -0.2) is 19.3 Å². The Bertz CT molecular complexity index is 982. The van der Waals surface area contributed by atoms with Gasteiger partial charge >= 0.3 is 0 Å². The van der Waals surface area contributed by atoms with Crippen molar-refractivity contribution >= 4 is 22.6 Å². The number of nitrogens with zero attached hydrogens (tertiary/aromatic N) is 5. The van der Waals surface area contributed by atoms with E-state index in [0.717, 1.165) is 15.7 Å². The number of aromatic nitrogens is 4. The van der Waals surface area contributed by atoms with Gasteiger partial charge in [-0.15, -0.1) is 0 Å². The number of halogens is 1. The van der Waals surface area contributed by atoms with Crippen LogP contribution in [0.3, 0.4) is 0 Å². The molecule has 3 rings (SSSR count). The largest absolute Gasteiger partial charge is 0.327 e. The maximum atomic E-state index is 12.0. The second kappa shape index (κ2) is 5.86. The number of benzene rings is 1. The topological polar surface area (TPSA) is 76.5 Å². The normalized spacial score (nSPS) is 12.3. The van der Waals surface area contributed by atoms with E-state index in [-0.39, 0.29) is 5.02 Å². The minimum atomic E-state index is -0.753. The molecule has 0 spiro atoms. The molecule has 0 aliphatic heterocycles. The van der Waals surface area contributed by atoms with Crippen molar-refractivity contribution in [2.75, 3.05) is 0 Å². The van der Waals surface area contributed by atoms with Crippen LogP contribution in [0.15, 0.2) is 35.3 Å². The number of hydrogen-bond donors (Lipinski definition) is 0. The molecule has 6 nitrogen and oxygen atoms in total. The Morgan fingerprint density at radius 1 is 1.39 bits per heavy atom. The Labute approximate surface area is 137 Å². The van der Waals surface area contributed by atoms with Crippen LogP contribution in [0.2, 0.25) is 5.02 Å². The molecule has 7 heteroatoms. The van der Waals surface area contributed by atoms with Gasteiger partial charge in [0, 0.05) is 19.2 Å². The van der Waals surface area contributed by atoms with E-state index in [4.69, 9.17) is 11.6 Å². The highest BCUT2D eigenvalue weighted by Crippen LogP contribution is 2.29. The molecule has 2 aromatic heterocycles. The van der Waals surface area contributed by atoms with Gasteiger partial charge in [0.05, 0.1) is 23.3 Å². The van der Waals surface area contributed by atoms with E-state index < -0.39 is 11.5 Å². The molecular weight excluding hydrogens is 314 g/mol. The van der Waals surface area contributed by atoms with E-state index in [1.807, 2.05) is 35.8 Å². The zero-order valence-electron chi connectivity index (χ0n) is 12.7. The monoisotopic (exact) mass is 327 g/mol. The van der Waals surface area contributed by atoms with Gasteiger partial charge in [0.15, 0.2) is 0 Å². The highest BCUT2D eigenvalue weighted by atomic mass is 35.5. The maximum Gasteiger partial charge on any atom is 0.285 e. The third-order valence-electron chi connectivity index (χ3n) is 3.80. The first kappa shape index (κ1) is 15.3. The van der Waals surface area contributed by atoms with Crippen LogP contribution in [0.25, 0.3) is 11.0 Å². The van der Waals surface area contributed by atoms with Gasteiger partial charge in [0.2, 0.25) is 0 Å². The molecule has 116 valence electrons. The number of fused-ring (bicyclic) bond motifs is 1. The second-order valence-corrected chi connectivity index (χ2v) is 5.49. The summed E-state index contributed by atoms with van der Waals surface area (Å²) in [6, 6.07) is 9.87. The summed E-state index contributed by atoms with van der Waals surface area (Å²) in [5.41, 5.74) is 1.70. The summed E-state index contributed by atoms with van der Waals surface area (Å²) in [4.78, 5) is 16.6. The molecule has 0 bridgehead atoms. The number of rotatable bonds is 3. The molecule has 1 atom stereocenters. The maximum absolute atomic E-state index is 12.0. The fraction of sp³-hybridized carbons (Fsp3) is 0.250. The Balaban J connectivity index is 2.26. The van der Waals surface area contributed by atoms with Gasteiger partial charge in [0.1, 0.15) is 16.8 Å². The van der Waals surface area contributed by atoms with Gasteiger partial charge < -0.3 is 4.57 Å². The summed E-state index contributed by atoms with van der Waals surface area (Å²) in [5.74, 6) is -0.190. The molecule has 0 saturated carbocycles. The first-order valence-corrected chi connectivity index (χ1v) is 7.52. The van der Waals surface area contributed by atoms with Gasteiger partial charge in [-0.05, 0) is 19.1 Å². The average molecular weight is 328 g/mol. The van der Waals surface area contributed by atoms with E-state index in [1.54, 1.807) is 0 Å². The zero-order chi connectivity index (χ0) is 16.6. The van der Waals surface area contributed by atoms with E-state index in [9.17, 15) is 10.1 Å². The quantitative estimate of drug-likeness (QED) is 0.740. The average Bonchev–Trinajstić information content (AvgIpc) is 2.93. The highest BCUT2D eigenvalue weighted by Gasteiger charge is 2.25. The van der Waals surface area contributed by atoms with Crippen molar-refractivity contribution in [1.29, 1.82) is 5.26 Å². The number of nitriles is 1. The summed E-state index contributed by atoms with van der Waals surface area (Å²) in [7, 11) is 1.51. The summed E-state index contributed by atoms with van der Waals surface area (Å²) in [5, 5.41) is 13.6. The van der Waals surface area contributed by atoms with Crippen LogP contribution in [0.4, 0.5) is 0 Å². The Morgan fingerprint density at radius 3 is 2.83 bits per heavy atom. The smallest absolute Gasteiger partial charge is 0.285 e. The third-order valence-corrected chi connectivity index (χ3v) is 4.18. The van der Waals surface area contributed by atoms with Crippen molar-refractivity contribution in [3.05, 3.63) is 57.2 Å². The van der Waals surface area contributed by atoms with Crippen LogP contribution < -0.4 is 5.56 Å². The van der Waals surface area contributed by atoms with Crippen LogP contribution in [-0.2, 0) is 13.6 Å². The van der Waals surface area contributed by atoms with Crippen LogP contribution >= 0.6 is 11.6 Å². The van der Waals surface area contributed by atoms with E-state index in [1.165, 1.54) is 13.2 Å². The first-order valence-electron chi connectivity index (χ1n) is 7.15. The van der Waals surface area contributed by atoms with E-state index >= 15 is 0 Å². The zero-order valence-corrected chi connectivity index (χ0v) is 13.4. The molecule has 0 saturated heterocycles. The minimum Gasteiger partial charge on any atom is -0.327 e. The summed E-state index contributed by atoms with van der Waals surface area (Å²) in [6.07, 6.45) is 1.46. The predicted molar refractivity (Wildman–Crippen MR) is 87.4 cm³/mol.